The summed E-state index contributed by atoms with van der Waals surface area (Å²) in [5, 5.41) is 2.62. The van der Waals surface area contributed by atoms with Crippen LogP contribution in [0, 0.1) is 23.7 Å². The van der Waals surface area contributed by atoms with Gasteiger partial charge >= 0.3 is 11.9 Å². The van der Waals surface area contributed by atoms with Gasteiger partial charge in [0, 0.05) is 5.69 Å². The van der Waals surface area contributed by atoms with Crippen molar-refractivity contribution in [3.63, 3.8) is 0 Å². The van der Waals surface area contributed by atoms with E-state index in [2.05, 4.69) is 17.4 Å². The molecule has 1 aliphatic heterocycles. The molecule has 2 aliphatic carbocycles. The lowest BCUT2D eigenvalue weighted by Crippen LogP contribution is -2.33. The number of ether oxygens (including phenoxy) is 2. The minimum absolute atomic E-state index is 0.152. The van der Waals surface area contributed by atoms with Crippen LogP contribution in [0.15, 0.2) is 78.9 Å². The van der Waals surface area contributed by atoms with Crippen LogP contribution in [0.2, 0.25) is 0 Å². The van der Waals surface area contributed by atoms with Gasteiger partial charge in [-0.1, -0.05) is 43.7 Å². The van der Waals surface area contributed by atoms with Crippen LogP contribution in [0.1, 0.15) is 64.8 Å². The van der Waals surface area contributed by atoms with Gasteiger partial charge in [0.2, 0.25) is 11.8 Å². The molecule has 3 aromatic rings. The molecular formula is C35H34N2O7. The number of fused-ring (bicyclic) bond motifs is 5. The SMILES string of the molecule is CCCCOC(=O)c1ccc(NC(=O)COC(=O)c2ccc(N3C(=O)[C@@H]4[C@@H]5C[C@@H]([C@@H]4C3=O)[C@@H](c3ccccc3)C5)cc2)cc1. The minimum atomic E-state index is -0.712. The Balaban J connectivity index is 1.02. The fourth-order valence-electron chi connectivity index (χ4n) is 7.04. The summed E-state index contributed by atoms with van der Waals surface area (Å²) < 4.78 is 10.3. The molecule has 9 nitrogen and oxygen atoms in total. The number of carbonyl (C=O) groups excluding carboxylic acids is 5. The molecule has 2 saturated carbocycles. The molecule has 0 unspecified atom stereocenters. The number of hydrogen-bond donors (Lipinski definition) is 1. The van der Waals surface area contributed by atoms with E-state index >= 15 is 0 Å². The maximum atomic E-state index is 13.6. The Kier molecular flexibility index (Phi) is 8.28. The van der Waals surface area contributed by atoms with Gasteiger partial charge in [-0.2, -0.15) is 0 Å². The van der Waals surface area contributed by atoms with Crippen LogP contribution in [-0.4, -0.2) is 42.9 Å². The average molecular weight is 595 g/mol. The maximum absolute atomic E-state index is 13.6. The molecule has 0 aromatic heterocycles. The topological polar surface area (TPSA) is 119 Å². The van der Waals surface area contributed by atoms with Crippen molar-refractivity contribution in [3.8, 4) is 0 Å². The summed E-state index contributed by atoms with van der Waals surface area (Å²) in [5.74, 6) is -1.98. The highest BCUT2D eigenvalue weighted by atomic mass is 16.5. The lowest BCUT2D eigenvalue weighted by molar-refractivity contribution is -0.123. The Morgan fingerprint density at radius 1 is 0.795 bits per heavy atom. The Bertz CT molecular complexity index is 1570. The van der Waals surface area contributed by atoms with Crippen LogP contribution in [-0.2, 0) is 23.9 Å². The van der Waals surface area contributed by atoms with E-state index < -0.39 is 24.5 Å². The zero-order valence-electron chi connectivity index (χ0n) is 24.4. The van der Waals surface area contributed by atoms with Crippen molar-refractivity contribution in [2.75, 3.05) is 23.4 Å². The van der Waals surface area contributed by atoms with Crippen molar-refractivity contribution in [2.24, 2.45) is 23.7 Å². The van der Waals surface area contributed by atoms with E-state index in [4.69, 9.17) is 9.47 Å². The first-order chi connectivity index (χ1) is 21.4. The molecular weight excluding hydrogens is 560 g/mol. The molecule has 9 heteroatoms. The molecule has 6 rings (SSSR count). The predicted molar refractivity (Wildman–Crippen MR) is 162 cm³/mol. The Labute approximate surface area is 255 Å². The first kappa shape index (κ1) is 29.3. The van der Waals surface area contributed by atoms with Crippen molar-refractivity contribution in [1.29, 1.82) is 0 Å². The monoisotopic (exact) mass is 594 g/mol. The molecule has 0 radical (unpaired) electrons. The number of anilines is 2. The zero-order valence-corrected chi connectivity index (χ0v) is 24.4. The largest absolute Gasteiger partial charge is 0.462 e. The predicted octanol–water partition coefficient (Wildman–Crippen LogP) is 5.37. The number of imide groups is 1. The molecule has 5 atom stereocenters. The minimum Gasteiger partial charge on any atom is -0.462 e. The number of hydrogen-bond acceptors (Lipinski definition) is 7. The number of unbranched alkanes of at least 4 members (excludes halogenated alkanes) is 1. The standard InChI is InChI=1S/C35H34N2O7/c1-2-3-17-43-34(41)22-9-13-25(14-10-22)36-29(38)20-44-35(42)23-11-15-26(16-12-23)37-32(39)30-24-18-27(21-7-5-4-6-8-21)28(19-24)31(30)33(37)40/h4-16,24,27-28,30-31H,2-3,17-20H2,1H3,(H,36,38)/t24-,27+,28+,30+,31-/m0/s1. The quantitative estimate of drug-likeness (QED) is 0.190. The molecule has 1 N–H and O–H groups in total. The lowest BCUT2D eigenvalue weighted by Gasteiger charge is -2.28. The summed E-state index contributed by atoms with van der Waals surface area (Å²) in [7, 11) is 0. The summed E-state index contributed by atoms with van der Waals surface area (Å²) >= 11 is 0. The van der Waals surface area contributed by atoms with Gasteiger partial charge in [-0.25, -0.2) is 9.59 Å². The Morgan fingerprint density at radius 3 is 2.11 bits per heavy atom. The van der Waals surface area contributed by atoms with Gasteiger partial charge in [-0.3, -0.25) is 19.3 Å². The molecule has 226 valence electrons. The number of amides is 3. The van der Waals surface area contributed by atoms with Crippen LogP contribution < -0.4 is 10.2 Å². The van der Waals surface area contributed by atoms with Gasteiger partial charge in [-0.05, 0) is 91.1 Å². The van der Waals surface area contributed by atoms with Gasteiger partial charge in [0.1, 0.15) is 0 Å². The highest BCUT2D eigenvalue weighted by molar-refractivity contribution is 6.22. The Hall–Kier alpha value is -4.79. The van der Waals surface area contributed by atoms with Crippen LogP contribution in [0.25, 0.3) is 0 Å². The third-order valence-corrected chi connectivity index (χ3v) is 9.07. The van der Waals surface area contributed by atoms with E-state index in [-0.39, 0.29) is 47.0 Å². The number of benzene rings is 3. The molecule has 2 bridgehead atoms. The second-order valence-corrected chi connectivity index (χ2v) is 11.7. The number of esters is 2. The van der Waals surface area contributed by atoms with Gasteiger partial charge < -0.3 is 14.8 Å². The summed E-state index contributed by atoms with van der Waals surface area (Å²) in [5.41, 5.74) is 2.66. The van der Waals surface area contributed by atoms with Crippen molar-refractivity contribution >= 4 is 41.0 Å². The van der Waals surface area contributed by atoms with Gasteiger partial charge in [0.05, 0.1) is 35.3 Å². The second kappa shape index (κ2) is 12.4. The van der Waals surface area contributed by atoms with Crippen LogP contribution >= 0.6 is 0 Å². The average Bonchev–Trinajstić information content (AvgIpc) is 3.72. The summed E-state index contributed by atoms with van der Waals surface area (Å²) in [6.07, 6.45) is 3.53. The van der Waals surface area contributed by atoms with Crippen LogP contribution in [0.5, 0.6) is 0 Å². The fraction of sp³-hybridized carbons (Fsp3) is 0.343. The smallest absolute Gasteiger partial charge is 0.338 e. The molecule has 1 heterocycles. The Morgan fingerprint density at radius 2 is 1.43 bits per heavy atom. The molecule has 44 heavy (non-hydrogen) atoms. The second-order valence-electron chi connectivity index (χ2n) is 11.7. The normalized spacial score (nSPS) is 23.4. The van der Waals surface area contributed by atoms with E-state index in [9.17, 15) is 24.0 Å². The summed E-state index contributed by atoms with van der Waals surface area (Å²) in [6, 6.07) is 22.6. The third kappa shape index (κ3) is 5.62. The van der Waals surface area contributed by atoms with E-state index in [1.165, 1.54) is 22.6 Å². The molecule has 3 aromatic carbocycles. The molecule has 3 aliphatic rings. The van der Waals surface area contributed by atoms with E-state index in [1.807, 2.05) is 25.1 Å². The van der Waals surface area contributed by atoms with Crippen LogP contribution in [0.3, 0.4) is 0 Å². The molecule has 0 spiro atoms. The highest BCUT2D eigenvalue weighted by Gasteiger charge is 2.64. The van der Waals surface area contributed by atoms with Crippen LogP contribution in [0.4, 0.5) is 11.4 Å². The van der Waals surface area contributed by atoms with Crippen molar-refractivity contribution in [1.82, 2.24) is 0 Å². The number of nitrogens with one attached hydrogen (secondary N) is 1. The number of rotatable bonds is 10. The third-order valence-electron chi connectivity index (χ3n) is 9.07. The van der Waals surface area contributed by atoms with Crippen molar-refractivity contribution < 1.29 is 33.4 Å². The first-order valence-electron chi connectivity index (χ1n) is 15.1. The van der Waals surface area contributed by atoms with E-state index in [1.54, 1.807) is 36.4 Å². The lowest BCUT2D eigenvalue weighted by atomic mass is 9.73. The zero-order chi connectivity index (χ0) is 30.8. The number of nitrogens with zero attached hydrogens (tertiary/aromatic N) is 1. The maximum Gasteiger partial charge on any atom is 0.338 e. The summed E-state index contributed by atoms with van der Waals surface area (Å²) in [4.78, 5) is 65.3. The van der Waals surface area contributed by atoms with Crippen molar-refractivity contribution in [2.45, 2.75) is 38.5 Å². The fourth-order valence-corrected chi connectivity index (χ4v) is 7.04. The summed E-state index contributed by atoms with van der Waals surface area (Å²) in [6.45, 7) is 1.85. The van der Waals surface area contributed by atoms with Crippen molar-refractivity contribution in [3.05, 3.63) is 95.6 Å². The van der Waals surface area contributed by atoms with E-state index in [0.29, 0.717) is 23.5 Å². The van der Waals surface area contributed by atoms with Gasteiger partial charge in [0.25, 0.3) is 5.91 Å². The van der Waals surface area contributed by atoms with E-state index in [0.717, 1.165) is 25.7 Å². The highest BCUT2D eigenvalue weighted by Crippen LogP contribution is 2.61. The molecule has 3 fully saturated rings. The molecule has 3 amide bonds. The van der Waals surface area contributed by atoms with Gasteiger partial charge in [-0.15, -0.1) is 0 Å². The molecule has 1 saturated heterocycles. The first-order valence-corrected chi connectivity index (χ1v) is 15.1. The number of carbonyl (C=O) groups is 5. The van der Waals surface area contributed by atoms with Gasteiger partial charge in [0.15, 0.2) is 6.61 Å².